The minimum absolute atomic E-state index is 0.156. The van der Waals surface area contributed by atoms with Crippen LogP contribution in [0.3, 0.4) is 0 Å². The number of anilines is 1. The summed E-state index contributed by atoms with van der Waals surface area (Å²) in [4.78, 5) is 1.75. The zero-order valence-corrected chi connectivity index (χ0v) is 10.6. The molecular weight excluding hydrogens is 242 g/mol. The van der Waals surface area contributed by atoms with Crippen LogP contribution in [0.25, 0.3) is 0 Å². The zero-order chi connectivity index (χ0) is 12.6. The average molecular weight is 255 g/mol. The molecule has 17 heavy (non-hydrogen) atoms. The van der Waals surface area contributed by atoms with Crippen molar-refractivity contribution in [3.63, 3.8) is 0 Å². The standard InChI is InChI=1S/C10H13N3O3S/c1-13(2)10-11-8-6-7(16-3)4-5-9(8)17(14,15)12-10/h4-6H,1-3H3,(H,11,12). The van der Waals surface area contributed by atoms with E-state index in [-0.39, 0.29) is 10.9 Å². The number of nitrogens with zero attached hydrogens (tertiary/aromatic N) is 2. The van der Waals surface area contributed by atoms with Crippen molar-refractivity contribution in [2.24, 2.45) is 4.40 Å². The summed E-state index contributed by atoms with van der Waals surface area (Å²) >= 11 is 0. The van der Waals surface area contributed by atoms with E-state index in [9.17, 15) is 8.42 Å². The van der Waals surface area contributed by atoms with Gasteiger partial charge in [0.25, 0.3) is 10.0 Å². The molecule has 0 aromatic heterocycles. The van der Waals surface area contributed by atoms with E-state index in [0.717, 1.165) is 0 Å². The summed E-state index contributed by atoms with van der Waals surface area (Å²) < 4.78 is 32.5. The number of nitrogens with one attached hydrogen (secondary N) is 1. The van der Waals surface area contributed by atoms with Crippen molar-refractivity contribution in [3.8, 4) is 5.75 Å². The first-order valence-corrected chi connectivity index (χ1v) is 6.35. The van der Waals surface area contributed by atoms with E-state index in [1.807, 2.05) is 0 Å². The second kappa shape index (κ2) is 3.92. The molecule has 92 valence electrons. The fourth-order valence-corrected chi connectivity index (χ4v) is 2.62. The van der Waals surface area contributed by atoms with Gasteiger partial charge in [-0.2, -0.15) is 8.42 Å². The van der Waals surface area contributed by atoms with Crippen LogP contribution >= 0.6 is 0 Å². The summed E-state index contributed by atoms with van der Waals surface area (Å²) in [6, 6.07) is 4.70. The first-order valence-electron chi connectivity index (χ1n) is 4.91. The van der Waals surface area contributed by atoms with Crippen LogP contribution in [0.15, 0.2) is 27.5 Å². The highest BCUT2D eigenvalue weighted by atomic mass is 32.2. The highest BCUT2D eigenvalue weighted by Gasteiger charge is 2.25. The van der Waals surface area contributed by atoms with Gasteiger partial charge in [0.1, 0.15) is 10.6 Å². The van der Waals surface area contributed by atoms with Gasteiger partial charge < -0.3 is 15.0 Å². The third kappa shape index (κ3) is 2.05. The maximum atomic E-state index is 11.9. The van der Waals surface area contributed by atoms with E-state index in [1.165, 1.54) is 13.2 Å². The van der Waals surface area contributed by atoms with Crippen molar-refractivity contribution in [3.05, 3.63) is 18.2 Å². The largest absolute Gasteiger partial charge is 0.497 e. The minimum atomic E-state index is -3.63. The number of hydrogen-bond acceptors (Lipinski definition) is 5. The van der Waals surface area contributed by atoms with Gasteiger partial charge in [-0.25, -0.2) is 0 Å². The first kappa shape index (κ1) is 11.7. The lowest BCUT2D eigenvalue weighted by Gasteiger charge is -2.22. The first-order chi connectivity index (χ1) is 7.94. The van der Waals surface area contributed by atoms with Gasteiger partial charge in [-0.1, -0.05) is 0 Å². The van der Waals surface area contributed by atoms with Crippen molar-refractivity contribution in [2.75, 3.05) is 26.5 Å². The second-order valence-electron chi connectivity index (χ2n) is 3.77. The molecule has 6 nitrogen and oxygen atoms in total. The highest BCUT2D eigenvalue weighted by Crippen LogP contribution is 2.30. The molecule has 0 spiro atoms. The van der Waals surface area contributed by atoms with Crippen molar-refractivity contribution in [2.45, 2.75) is 4.90 Å². The molecule has 0 fully saturated rings. The van der Waals surface area contributed by atoms with Gasteiger partial charge in [0, 0.05) is 20.2 Å². The molecule has 0 unspecified atom stereocenters. The minimum Gasteiger partial charge on any atom is -0.497 e. The molecule has 0 amide bonds. The van der Waals surface area contributed by atoms with Crippen LogP contribution in [0, 0.1) is 0 Å². The molecule has 0 saturated heterocycles. The Morgan fingerprint density at radius 2 is 2.06 bits per heavy atom. The van der Waals surface area contributed by atoms with E-state index in [0.29, 0.717) is 11.4 Å². The van der Waals surface area contributed by atoms with Crippen LogP contribution in [0.5, 0.6) is 5.75 Å². The SMILES string of the molecule is COc1ccc2c(c1)NC(N(C)C)=NS2(=O)=O. The van der Waals surface area contributed by atoms with Crippen molar-refractivity contribution in [1.82, 2.24) is 4.90 Å². The second-order valence-corrected chi connectivity index (χ2v) is 5.34. The van der Waals surface area contributed by atoms with Gasteiger partial charge in [0.2, 0.25) is 5.96 Å². The van der Waals surface area contributed by atoms with Crippen molar-refractivity contribution < 1.29 is 13.2 Å². The number of rotatable bonds is 1. The lowest BCUT2D eigenvalue weighted by Crippen LogP contribution is -2.33. The van der Waals surface area contributed by atoms with E-state index in [1.54, 1.807) is 31.1 Å². The van der Waals surface area contributed by atoms with E-state index in [4.69, 9.17) is 4.74 Å². The molecule has 1 heterocycles. The Kier molecular flexibility index (Phi) is 2.70. The lowest BCUT2D eigenvalue weighted by atomic mass is 10.3. The number of sulfonamides is 1. The maximum Gasteiger partial charge on any atom is 0.287 e. The molecule has 2 rings (SSSR count). The molecule has 0 saturated carbocycles. The predicted octanol–water partition coefficient (Wildman–Crippen LogP) is 0.727. The third-order valence-corrected chi connectivity index (χ3v) is 3.67. The van der Waals surface area contributed by atoms with Gasteiger partial charge in [-0.15, -0.1) is 4.40 Å². The Bertz CT molecular complexity index is 578. The molecule has 1 aromatic carbocycles. The van der Waals surface area contributed by atoms with Gasteiger partial charge in [-0.3, -0.25) is 0 Å². The van der Waals surface area contributed by atoms with E-state index in [2.05, 4.69) is 9.71 Å². The molecule has 1 aliphatic heterocycles. The molecule has 0 bridgehead atoms. The molecular formula is C10H13N3O3S. The highest BCUT2D eigenvalue weighted by molar-refractivity contribution is 7.90. The van der Waals surface area contributed by atoms with Crippen LogP contribution in [-0.2, 0) is 10.0 Å². The Morgan fingerprint density at radius 1 is 1.35 bits per heavy atom. The summed E-state index contributed by atoms with van der Waals surface area (Å²) in [5.74, 6) is 0.872. The van der Waals surface area contributed by atoms with E-state index < -0.39 is 10.0 Å². The summed E-state index contributed by atoms with van der Waals surface area (Å²) in [7, 11) is 1.32. The van der Waals surface area contributed by atoms with Crippen LogP contribution in [0.2, 0.25) is 0 Å². The van der Waals surface area contributed by atoms with Crippen LogP contribution in [-0.4, -0.2) is 40.5 Å². The maximum absolute atomic E-state index is 11.9. The quantitative estimate of drug-likeness (QED) is 0.801. The Balaban J connectivity index is 2.57. The fourth-order valence-electron chi connectivity index (χ4n) is 1.46. The predicted molar refractivity (Wildman–Crippen MR) is 64.9 cm³/mol. The number of guanidine groups is 1. The normalized spacial score (nSPS) is 16.5. The molecule has 0 atom stereocenters. The Hall–Kier alpha value is -1.76. The van der Waals surface area contributed by atoms with Crippen LogP contribution < -0.4 is 10.1 Å². The lowest BCUT2D eigenvalue weighted by molar-refractivity contribution is 0.414. The monoisotopic (exact) mass is 255 g/mol. The van der Waals surface area contributed by atoms with Gasteiger partial charge >= 0.3 is 0 Å². The zero-order valence-electron chi connectivity index (χ0n) is 9.76. The van der Waals surface area contributed by atoms with Gasteiger partial charge in [0.05, 0.1) is 12.8 Å². The average Bonchev–Trinajstić information content (AvgIpc) is 2.27. The summed E-state index contributed by atoms with van der Waals surface area (Å²) in [5, 5.41) is 2.94. The fraction of sp³-hybridized carbons (Fsp3) is 0.300. The Labute approximate surface area is 100.0 Å². The molecule has 7 heteroatoms. The number of fused-ring (bicyclic) bond motifs is 1. The van der Waals surface area contributed by atoms with Crippen LogP contribution in [0.1, 0.15) is 0 Å². The number of ether oxygens (including phenoxy) is 1. The number of benzene rings is 1. The summed E-state index contributed by atoms with van der Waals surface area (Å²) in [6.07, 6.45) is 0. The van der Waals surface area contributed by atoms with Crippen molar-refractivity contribution >= 4 is 21.7 Å². The van der Waals surface area contributed by atoms with Gasteiger partial charge in [-0.05, 0) is 12.1 Å². The topological polar surface area (TPSA) is 71.0 Å². The molecule has 0 aliphatic carbocycles. The number of hydrogen-bond donors (Lipinski definition) is 1. The Morgan fingerprint density at radius 3 is 2.65 bits per heavy atom. The number of methoxy groups -OCH3 is 1. The summed E-state index contributed by atoms with van der Waals surface area (Å²) in [5.41, 5.74) is 0.475. The molecule has 0 radical (unpaired) electrons. The summed E-state index contributed by atoms with van der Waals surface area (Å²) in [6.45, 7) is 0. The smallest absolute Gasteiger partial charge is 0.287 e. The third-order valence-electron chi connectivity index (χ3n) is 2.34. The van der Waals surface area contributed by atoms with Gasteiger partial charge in [0.15, 0.2) is 0 Å². The van der Waals surface area contributed by atoms with Crippen LogP contribution in [0.4, 0.5) is 5.69 Å². The molecule has 1 aromatic rings. The molecule has 1 N–H and O–H groups in total. The van der Waals surface area contributed by atoms with Crippen molar-refractivity contribution in [1.29, 1.82) is 0 Å². The molecule has 1 aliphatic rings. The van der Waals surface area contributed by atoms with E-state index >= 15 is 0 Å².